The Morgan fingerprint density at radius 2 is 1.80 bits per heavy atom. The summed E-state index contributed by atoms with van der Waals surface area (Å²) in [6.07, 6.45) is 8.31. The average molecular weight is 344 g/mol. The van der Waals surface area contributed by atoms with Gasteiger partial charge in [0.1, 0.15) is 5.75 Å². The van der Waals surface area contributed by atoms with Gasteiger partial charge in [0.25, 0.3) is 0 Å². The molecule has 0 bridgehead atoms. The van der Waals surface area contributed by atoms with Crippen LogP contribution in [0.15, 0.2) is 24.3 Å². The second kappa shape index (κ2) is 9.23. The van der Waals surface area contributed by atoms with Gasteiger partial charge in [-0.1, -0.05) is 31.4 Å². The molecule has 1 N–H and O–H groups in total. The van der Waals surface area contributed by atoms with E-state index in [-0.39, 0.29) is 17.9 Å². The topological polar surface area (TPSA) is 41.6 Å². The Labute approximate surface area is 151 Å². The molecule has 2 fully saturated rings. The van der Waals surface area contributed by atoms with Gasteiger partial charge in [-0.05, 0) is 63.4 Å². The van der Waals surface area contributed by atoms with E-state index < -0.39 is 0 Å². The fourth-order valence-corrected chi connectivity index (χ4v) is 4.17. The van der Waals surface area contributed by atoms with Crippen LogP contribution in [0.2, 0.25) is 0 Å². The number of rotatable bonds is 7. The normalized spacial score (nSPS) is 20.4. The van der Waals surface area contributed by atoms with Crippen molar-refractivity contribution < 1.29 is 9.53 Å². The number of likely N-dealkylation sites (tertiary alicyclic amines) is 1. The lowest BCUT2D eigenvalue weighted by atomic mass is 9.88. The molecule has 1 aliphatic heterocycles. The van der Waals surface area contributed by atoms with E-state index in [2.05, 4.69) is 22.3 Å². The van der Waals surface area contributed by atoms with Crippen molar-refractivity contribution in [2.45, 2.75) is 57.9 Å². The number of benzene rings is 1. The molecule has 0 radical (unpaired) electrons. The van der Waals surface area contributed by atoms with Crippen LogP contribution in [0.25, 0.3) is 0 Å². The molecule has 1 saturated carbocycles. The van der Waals surface area contributed by atoms with Gasteiger partial charge >= 0.3 is 0 Å². The minimum Gasteiger partial charge on any atom is -0.494 e. The minimum absolute atomic E-state index is 0.230. The fraction of sp³-hybridized carbons (Fsp3) is 0.667. The van der Waals surface area contributed by atoms with Crippen LogP contribution in [0.4, 0.5) is 0 Å². The van der Waals surface area contributed by atoms with Crippen molar-refractivity contribution in [3.05, 3.63) is 29.8 Å². The Hall–Kier alpha value is -1.55. The van der Waals surface area contributed by atoms with E-state index in [4.69, 9.17) is 4.74 Å². The van der Waals surface area contributed by atoms with Crippen molar-refractivity contribution in [3.8, 4) is 5.75 Å². The van der Waals surface area contributed by atoms with Crippen LogP contribution in [0.5, 0.6) is 5.75 Å². The third-order valence-corrected chi connectivity index (χ3v) is 5.60. The molecule has 0 spiro atoms. The standard InChI is InChI=1S/C21H32N2O2/c1-2-25-19-12-10-17(11-13-19)20(23-14-6-7-15-23)16-22-21(24)18-8-4-3-5-9-18/h10-13,18,20H,2-9,14-16H2,1H3,(H,22,24). The first-order chi connectivity index (χ1) is 12.3. The van der Waals surface area contributed by atoms with Gasteiger partial charge in [0.2, 0.25) is 5.91 Å². The molecule has 138 valence electrons. The highest BCUT2D eigenvalue weighted by Gasteiger charge is 2.26. The molecule has 1 aromatic carbocycles. The van der Waals surface area contributed by atoms with E-state index in [0.717, 1.165) is 31.7 Å². The molecule has 1 aromatic rings. The molecule has 4 nitrogen and oxygen atoms in total. The number of carbonyl (C=O) groups excluding carboxylic acids is 1. The maximum absolute atomic E-state index is 12.5. The molecule has 4 heteroatoms. The molecule has 1 unspecified atom stereocenters. The summed E-state index contributed by atoms with van der Waals surface area (Å²) in [5.74, 6) is 1.40. The number of hydrogen-bond acceptors (Lipinski definition) is 3. The smallest absolute Gasteiger partial charge is 0.223 e. The van der Waals surface area contributed by atoms with Crippen molar-refractivity contribution in [2.24, 2.45) is 5.92 Å². The molecule has 0 aromatic heterocycles. The Kier molecular flexibility index (Phi) is 6.74. The van der Waals surface area contributed by atoms with E-state index in [1.54, 1.807) is 0 Å². The van der Waals surface area contributed by atoms with Crippen LogP contribution in [0.1, 0.15) is 63.5 Å². The number of nitrogens with one attached hydrogen (secondary N) is 1. The molecular weight excluding hydrogens is 312 g/mol. The Morgan fingerprint density at radius 1 is 1.12 bits per heavy atom. The number of hydrogen-bond donors (Lipinski definition) is 1. The summed E-state index contributed by atoms with van der Waals surface area (Å²) in [4.78, 5) is 15.0. The Bertz CT molecular complexity index is 531. The molecule has 1 aliphatic carbocycles. The number of nitrogens with zero attached hydrogens (tertiary/aromatic N) is 1. The monoisotopic (exact) mass is 344 g/mol. The van der Waals surface area contributed by atoms with Gasteiger partial charge in [0.15, 0.2) is 0 Å². The predicted octanol–water partition coefficient (Wildman–Crippen LogP) is 3.92. The highest BCUT2D eigenvalue weighted by atomic mass is 16.5. The second-order valence-electron chi connectivity index (χ2n) is 7.34. The van der Waals surface area contributed by atoms with Crippen LogP contribution in [0.3, 0.4) is 0 Å². The van der Waals surface area contributed by atoms with Crippen LogP contribution in [-0.2, 0) is 4.79 Å². The van der Waals surface area contributed by atoms with Gasteiger partial charge in [0.05, 0.1) is 12.6 Å². The van der Waals surface area contributed by atoms with Crippen LogP contribution in [0, 0.1) is 5.92 Å². The summed E-state index contributed by atoms with van der Waals surface area (Å²) < 4.78 is 5.56. The molecule has 1 atom stereocenters. The zero-order valence-electron chi connectivity index (χ0n) is 15.5. The van der Waals surface area contributed by atoms with E-state index in [1.807, 2.05) is 19.1 Å². The first-order valence-corrected chi connectivity index (χ1v) is 10.0. The number of ether oxygens (including phenoxy) is 1. The number of carbonyl (C=O) groups is 1. The summed E-state index contributed by atoms with van der Waals surface area (Å²) in [5, 5.41) is 3.26. The minimum atomic E-state index is 0.230. The van der Waals surface area contributed by atoms with Crippen molar-refractivity contribution in [1.82, 2.24) is 10.2 Å². The Morgan fingerprint density at radius 3 is 2.44 bits per heavy atom. The summed E-state index contributed by atoms with van der Waals surface area (Å²) in [6, 6.07) is 8.67. The first-order valence-electron chi connectivity index (χ1n) is 10.0. The molecule has 25 heavy (non-hydrogen) atoms. The lowest BCUT2D eigenvalue weighted by Crippen LogP contribution is -2.39. The van der Waals surface area contributed by atoms with Gasteiger partial charge in [-0.2, -0.15) is 0 Å². The van der Waals surface area contributed by atoms with E-state index in [9.17, 15) is 4.79 Å². The summed E-state index contributed by atoms with van der Waals surface area (Å²) in [6.45, 7) is 5.64. The SMILES string of the molecule is CCOc1ccc(C(CNC(=O)C2CCCCC2)N2CCCC2)cc1. The van der Waals surface area contributed by atoms with Crippen LogP contribution >= 0.6 is 0 Å². The van der Waals surface area contributed by atoms with E-state index >= 15 is 0 Å². The lowest BCUT2D eigenvalue weighted by molar-refractivity contribution is -0.126. The third kappa shape index (κ3) is 4.97. The molecule has 1 saturated heterocycles. The quantitative estimate of drug-likeness (QED) is 0.815. The van der Waals surface area contributed by atoms with Crippen molar-refractivity contribution in [2.75, 3.05) is 26.2 Å². The molecular formula is C21H32N2O2. The molecule has 1 heterocycles. The number of amides is 1. The lowest BCUT2D eigenvalue weighted by Gasteiger charge is -2.29. The Balaban J connectivity index is 1.63. The highest BCUT2D eigenvalue weighted by molar-refractivity contribution is 5.78. The van der Waals surface area contributed by atoms with Crippen LogP contribution in [-0.4, -0.2) is 37.0 Å². The largest absolute Gasteiger partial charge is 0.494 e. The molecule has 1 amide bonds. The van der Waals surface area contributed by atoms with Gasteiger partial charge in [-0.3, -0.25) is 9.69 Å². The molecule has 3 rings (SSSR count). The fourth-order valence-electron chi connectivity index (χ4n) is 4.17. The predicted molar refractivity (Wildman–Crippen MR) is 101 cm³/mol. The van der Waals surface area contributed by atoms with E-state index in [0.29, 0.717) is 13.2 Å². The maximum Gasteiger partial charge on any atom is 0.223 e. The van der Waals surface area contributed by atoms with Gasteiger partial charge in [-0.15, -0.1) is 0 Å². The van der Waals surface area contributed by atoms with Crippen molar-refractivity contribution in [1.29, 1.82) is 0 Å². The summed E-state index contributed by atoms with van der Waals surface area (Å²) >= 11 is 0. The maximum atomic E-state index is 12.5. The van der Waals surface area contributed by atoms with Crippen LogP contribution < -0.4 is 10.1 Å². The zero-order chi connectivity index (χ0) is 17.5. The summed E-state index contributed by atoms with van der Waals surface area (Å²) in [5.41, 5.74) is 1.27. The van der Waals surface area contributed by atoms with Gasteiger partial charge in [-0.25, -0.2) is 0 Å². The third-order valence-electron chi connectivity index (χ3n) is 5.60. The van der Waals surface area contributed by atoms with E-state index in [1.165, 1.54) is 37.7 Å². The molecule has 2 aliphatic rings. The van der Waals surface area contributed by atoms with Gasteiger partial charge in [0, 0.05) is 12.5 Å². The van der Waals surface area contributed by atoms with Gasteiger partial charge < -0.3 is 10.1 Å². The average Bonchev–Trinajstić information content (AvgIpc) is 3.18. The summed E-state index contributed by atoms with van der Waals surface area (Å²) in [7, 11) is 0. The van der Waals surface area contributed by atoms with Crippen molar-refractivity contribution in [3.63, 3.8) is 0 Å². The zero-order valence-corrected chi connectivity index (χ0v) is 15.5. The first kappa shape index (κ1) is 18.2. The van der Waals surface area contributed by atoms with Crippen molar-refractivity contribution >= 4 is 5.91 Å². The second-order valence-corrected chi connectivity index (χ2v) is 7.34. The highest BCUT2D eigenvalue weighted by Crippen LogP contribution is 2.27.